The smallest absolute Gasteiger partial charge is 0.339 e. The van der Waals surface area contributed by atoms with Crippen molar-refractivity contribution in [1.29, 1.82) is 0 Å². The van der Waals surface area contributed by atoms with Crippen LogP contribution in [0.3, 0.4) is 0 Å². The molecule has 7 nitrogen and oxygen atoms in total. The van der Waals surface area contributed by atoms with Crippen molar-refractivity contribution in [2.45, 2.75) is 26.7 Å². The van der Waals surface area contributed by atoms with E-state index in [1.54, 1.807) is 36.4 Å². The molecule has 0 N–H and O–H groups in total. The van der Waals surface area contributed by atoms with Gasteiger partial charge < -0.3 is 18.6 Å². The number of methoxy groups -OCH3 is 1. The van der Waals surface area contributed by atoms with Gasteiger partial charge in [0.25, 0.3) is 0 Å². The number of fused-ring (bicyclic) bond motifs is 1. The molecule has 0 aliphatic rings. The number of ketones is 1. The fraction of sp³-hybridized carbons (Fsp3) is 0.292. The average molecular weight is 424 g/mol. The fourth-order valence-corrected chi connectivity index (χ4v) is 3.22. The average Bonchev–Trinajstić information content (AvgIpc) is 2.77. The minimum absolute atomic E-state index is 0.0379. The summed E-state index contributed by atoms with van der Waals surface area (Å²) in [6, 6.07) is 11.9. The van der Waals surface area contributed by atoms with E-state index in [0.29, 0.717) is 34.8 Å². The van der Waals surface area contributed by atoms with Crippen molar-refractivity contribution < 1.29 is 28.2 Å². The van der Waals surface area contributed by atoms with Crippen LogP contribution in [0.2, 0.25) is 0 Å². The number of aryl methyl sites for hydroxylation is 1. The van der Waals surface area contributed by atoms with Crippen LogP contribution in [0.25, 0.3) is 11.0 Å². The summed E-state index contributed by atoms with van der Waals surface area (Å²) in [5, 5.41) is 0.773. The molecular weight excluding hydrogens is 400 g/mol. The standard InChI is InChI=1S/C24H24O7/c1-4-29-17-7-5-16(6-8-17)21(25)14-30-23(26)12-11-20-15(2)19-10-9-18(28-3)13-22(19)31-24(20)27/h5-10,13H,4,11-12,14H2,1-3H3. The fourth-order valence-electron chi connectivity index (χ4n) is 3.22. The number of hydrogen-bond acceptors (Lipinski definition) is 7. The second-order valence-electron chi connectivity index (χ2n) is 6.90. The summed E-state index contributed by atoms with van der Waals surface area (Å²) in [6.45, 7) is 3.85. The van der Waals surface area contributed by atoms with E-state index in [1.807, 2.05) is 19.9 Å². The van der Waals surface area contributed by atoms with Crippen molar-refractivity contribution in [3.05, 3.63) is 69.6 Å². The molecule has 3 rings (SSSR count). The zero-order valence-electron chi connectivity index (χ0n) is 17.7. The van der Waals surface area contributed by atoms with Crippen LogP contribution < -0.4 is 15.1 Å². The summed E-state index contributed by atoms with van der Waals surface area (Å²) in [5.74, 6) is 0.377. The van der Waals surface area contributed by atoms with Crippen molar-refractivity contribution in [3.8, 4) is 11.5 Å². The van der Waals surface area contributed by atoms with E-state index >= 15 is 0 Å². The summed E-state index contributed by atoms with van der Waals surface area (Å²) < 4.78 is 20.9. The van der Waals surface area contributed by atoms with Gasteiger partial charge in [-0.1, -0.05) is 0 Å². The van der Waals surface area contributed by atoms with Gasteiger partial charge in [0.05, 0.1) is 13.7 Å². The molecule has 0 spiro atoms. The minimum atomic E-state index is -0.562. The van der Waals surface area contributed by atoms with Crippen LogP contribution in [0.1, 0.15) is 34.8 Å². The molecule has 0 bridgehead atoms. The Labute approximate surface area is 179 Å². The van der Waals surface area contributed by atoms with E-state index in [1.165, 1.54) is 7.11 Å². The molecule has 3 aromatic rings. The summed E-state index contributed by atoms with van der Waals surface area (Å²) in [6.07, 6.45) is 0.121. The van der Waals surface area contributed by atoms with E-state index in [-0.39, 0.29) is 25.2 Å². The molecule has 2 aromatic carbocycles. The quantitative estimate of drug-likeness (QED) is 0.292. The molecule has 0 atom stereocenters. The maximum Gasteiger partial charge on any atom is 0.339 e. The SMILES string of the molecule is CCOc1ccc(C(=O)COC(=O)CCc2c(C)c3ccc(OC)cc3oc2=O)cc1. The molecule has 1 aromatic heterocycles. The van der Waals surface area contributed by atoms with E-state index in [9.17, 15) is 14.4 Å². The zero-order valence-corrected chi connectivity index (χ0v) is 17.7. The Morgan fingerprint density at radius 1 is 1.03 bits per heavy atom. The van der Waals surface area contributed by atoms with E-state index < -0.39 is 11.6 Å². The molecule has 0 amide bonds. The van der Waals surface area contributed by atoms with Crippen molar-refractivity contribution in [2.24, 2.45) is 0 Å². The van der Waals surface area contributed by atoms with Gasteiger partial charge in [-0.15, -0.1) is 0 Å². The number of ether oxygens (including phenoxy) is 3. The predicted molar refractivity (Wildman–Crippen MR) is 115 cm³/mol. The molecule has 0 unspecified atom stereocenters. The molecule has 0 saturated heterocycles. The lowest BCUT2D eigenvalue weighted by atomic mass is 10.0. The topological polar surface area (TPSA) is 92.0 Å². The van der Waals surface area contributed by atoms with E-state index in [0.717, 1.165) is 10.9 Å². The van der Waals surface area contributed by atoms with Crippen LogP contribution in [0.15, 0.2) is 51.7 Å². The number of benzene rings is 2. The number of carbonyl (C=O) groups excluding carboxylic acids is 2. The lowest BCUT2D eigenvalue weighted by Crippen LogP contribution is -2.17. The van der Waals surface area contributed by atoms with E-state index in [4.69, 9.17) is 18.6 Å². The molecule has 31 heavy (non-hydrogen) atoms. The van der Waals surface area contributed by atoms with Crippen LogP contribution in [0, 0.1) is 6.92 Å². The van der Waals surface area contributed by atoms with Crippen LogP contribution in [0.4, 0.5) is 0 Å². The molecule has 0 radical (unpaired) electrons. The predicted octanol–water partition coefficient (Wildman–Crippen LogP) is 3.87. The van der Waals surface area contributed by atoms with Crippen LogP contribution in [-0.2, 0) is 16.0 Å². The number of Topliss-reactive ketones (excluding diaryl/α,β-unsaturated/α-hetero) is 1. The Balaban J connectivity index is 1.59. The van der Waals surface area contributed by atoms with Gasteiger partial charge in [0.15, 0.2) is 12.4 Å². The summed E-state index contributed by atoms with van der Waals surface area (Å²) >= 11 is 0. The third-order valence-electron chi connectivity index (χ3n) is 4.93. The normalized spacial score (nSPS) is 10.7. The highest BCUT2D eigenvalue weighted by Crippen LogP contribution is 2.24. The minimum Gasteiger partial charge on any atom is -0.497 e. The van der Waals surface area contributed by atoms with Gasteiger partial charge >= 0.3 is 11.6 Å². The van der Waals surface area contributed by atoms with E-state index in [2.05, 4.69) is 0 Å². The maximum atomic E-state index is 12.4. The van der Waals surface area contributed by atoms with Gasteiger partial charge in [0.1, 0.15) is 17.1 Å². The van der Waals surface area contributed by atoms with Crippen LogP contribution in [0.5, 0.6) is 11.5 Å². The first kappa shape index (κ1) is 22.1. The van der Waals surface area contributed by atoms with Gasteiger partial charge in [-0.2, -0.15) is 0 Å². The highest BCUT2D eigenvalue weighted by atomic mass is 16.5. The Morgan fingerprint density at radius 2 is 1.74 bits per heavy atom. The molecular formula is C24H24O7. The molecule has 7 heteroatoms. The van der Waals surface area contributed by atoms with Gasteiger partial charge in [-0.05, 0) is 62.2 Å². The Morgan fingerprint density at radius 3 is 2.42 bits per heavy atom. The second-order valence-corrected chi connectivity index (χ2v) is 6.90. The number of esters is 1. The summed E-state index contributed by atoms with van der Waals surface area (Å²) in [5.41, 5.74) is 1.50. The van der Waals surface area contributed by atoms with Crippen molar-refractivity contribution in [3.63, 3.8) is 0 Å². The van der Waals surface area contributed by atoms with Gasteiger partial charge in [-0.25, -0.2) is 4.79 Å². The molecule has 1 heterocycles. The molecule has 0 fully saturated rings. The molecule has 162 valence electrons. The van der Waals surface area contributed by atoms with Gasteiger partial charge in [-0.3, -0.25) is 9.59 Å². The van der Waals surface area contributed by atoms with Gasteiger partial charge in [0.2, 0.25) is 0 Å². The summed E-state index contributed by atoms with van der Waals surface area (Å²) in [7, 11) is 1.53. The first-order valence-corrected chi connectivity index (χ1v) is 9.95. The van der Waals surface area contributed by atoms with Crippen molar-refractivity contribution in [1.82, 2.24) is 0 Å². The van der Waals surface area contributed by atoms with Crippen molar-refractivity contribution >= 4 is 22.7 Å². The summed E-state index contributed by atoms with van der Waals surface area (Å²) in [4.78, 5) is 36.7. The van der Waals surface area contributed by atoms with Crippen LogP contribution in [-0.4, -0.2) is 32.1 Å². The molecule has 0 aliphatic carbocycles. The Bertz CT molecular complexity index is 1140. The van der Waals surface area contributed by atoms with Crippen molar-refractivity contribution in [2.75, 3.05) is 20.3 Å². The number of carbonyl (C=O) groups is 2. The monoisotopic (exact) mass is 424 g/mol. The Hall–Kier alpha value is -3.61. The molecule has 0 saturated carbocycles. The maximum absolute atomic E-state index is 12.4. The largest absolute Gasteiger partial charge is 0.497 e. The Kier molecular flexibility index (Phi) is 7.07. The number of rotatable bonds is 9. The van der Waals surface area contributed by atoms with Gasteiger partial charge in [0, 0.05) is 29.0 Å². The third kappa shape index (κ3) is 5.31. The van der Waals surface area contributed by atoms with Crippen LogP contribution >= 0.6 is 0 Å². The molecule has 0 aliphatic heterocycles. The highest BCUT2D eigenvalue weighted by molar-refractivity contribution is 5.98. The first-order valence-electron chi connectivity index (χ1n) is 9.95. The lowest BCUT2D eigenvalue weighted by Gasteiger charge is -2.09. The first-order chi connectivity index (χ1) is 14.9. The third-order valence-corrected chi connectivity index (χ3v) is 4.93. The highest BCUT2D eigenvalue weighted by Gasteiger charge is 2.15. The second kappa shape index (κ2) is 9.93. The lowest BCUT2D eigenvalue weighted by molar-refractivity contribution is -0.142. The number of hydrogen-bond donors (Lipinski definition) is 0. The zero-order chi connectivity index (χ0) is 22.4.